The molecule has 0 bridgehead atoms. The number of rotatable bonds is 7. The fourth-order valence-electron chi connectivity index (χ4n) is 3.18. The van der Waals surface area contributed by atoms with Gasteiger partial charge in [-0.15, -0.1) is 0 Å². The second-order valence-electron chi connectivity index (χ2n) is 7.32. The summed E-state index contributed by atoms with van der Waals surface area (Å²) in [4.78, 5) is 25.0. The van der Waals surface area contributed by atoms with Gasteiger partial charge in [0.05, 0.1) is 23.3 Å². The first-order valence-corrected chi connectivity index (χ1v) is 12.2. The summed E-state index contributed by atoms with van der Waals surface area (Å²) in [6.07, 6.45) is 0. The fourth-order valence-corrected chi connectivity index (χ4v) is 4.87. The molecule has 3 rings (SSSR count). The lowest BCUT2D eigenvalue weighted by molar-refractivity contribution is -0.114. The molecule has 0 aliphatic rings. The number of carbonyl (C=O) groups is 2. The first-order valence-electron chi connectivity index (χ1n) is 9.96. The van der Waals surface area contributed by atoms with Crippen LogP contribution >= 0.6 is 15.9 Å². The highest BCUT2D eigenvalue weighted by molar-refractivity contribution is 9.10. The maximum atomic E-state index is 13.4. The van der Waals surface area contributed by atoms with E-state index in [1.54, 1.807) is 61.5 Å². The van der Waals surface area contributed by atoms with Crippen molar-refractivity contribution in [3.8, 4) is 0 Å². The molecule has 0 atom stereocenters. The maximum Gasteiger partial charge on any atom is 0.338 e. The van der Waals surface area contributed by atoms with E-state index < -0.39 is 28.4 Å². The topological polar surface area (TPSA) is 92.8 Å². The van der Waals surface area contributed by atoms with E-state index in [1.165, 1.54) is 19.2 Å². The minimum absolute atomic E-state index is 0.0766. The highest BCUT2D eigenvalue weighted by Gasteiger charge is 2.27. The molecule has 0 aliphatic heterocycles. The van der Waals surface area contributed by atoms with E-state index >= 15 is 0 Å². The number of ether oxygens (including phenoxy) is 1. The van der Waals surface area contributed by atoms with Crippen molar-refractivity contribution in [3.63, 3.8) is 0 Å². The Hall–Kier alpha value is -3.17. The minimum atomic E-state index is -4.02. The number of carbonyl (C=O) groups excluding carboxylic acids is 2. The number of esters is 1. The van der Waals surface area contributed by atoms with Crippen molar-refractivity contribution in [1.82, 2.24) is 0 Å². The summed E-state index contributed by atoms with van der Waals surface area (Å²) >= 11 is 3.34. The molecule has 7 nitrogen and oxygen atoms in total. The Bertz CT molecular complexity index is 1270. The quantitative estimate of drug-likeness (QED) is 0.447. The van der Waals surface area contributed by atoms with Gasteiger partial charge in [0.15, 0.2) is 0 Å². The van der Waals surface area contributed by atoms with Crippen LogP contribution in [0.1, 0.15) is 21.5 Å². The van der Waals surface area contributed by atoms with Crippen molar-refractivity contribution >= 4 is 49.2 Å². The van der Waals surface area contributed by atoms with Gasteiger partial charge in [0.1, 0.15) is 6.54 Å². The summed E-state index contributed by atoms with van der Waals surface area (Å²) in [5.41, 5.74) is 2.49. The van der Waals surface area contributed by atoms with Crippen molar-refractivity contribution in [2.24, 2.45) is 0 Å². The highest BCUT2D eigenvalue weighted by atomic mass is 79.9. The minimum Gasteiger partial charge on any atom is -0.465 e. The Morgan fingerprint density at radius 2 is 1.61 bits per heavy atom. The van der Waals surface area contributed by atoms with Crippen molar-refractivity contribution < 1.29 is 22.7 Å². The normalized spacial score (nSPS) is 11.0. The van der Waals surface area contributed by atoms with Crippen molar-refractivity contribution in [2.75, 3.05) is 23.3 Å². The molecule has 0 saturated heterocycles. The molecule has 0 aliphatic carbocycles. The van der Waals surface area contributed by atoms with E-state index in [1.807, 2.05) is 6.92 Å². The molecule has 0 heterocycles. The molecular weight excluding hydrogens is 508 g/mol. The number of halogens is 1. The molecule has 0 spiro atoms. The van der Waals surface area contributed by atoms with Crippen molar-refractivity contribution in [2.45, 2.75) is 18.7 Å². The molecule has 1 N–H and O–H groups in total. The van der Waals surface area contributed by atoms with Gasteiger partial charge in [0, 0.05) is 10.2 Å². The number of hydrogen-bond acceptors (Lipinski definition) is 5. The predicted molar refractivity (Wildman–Crippen MR) is 131 cm³/mol. The number of methoxy groups -OCH3 is 1. The van der Waals surface area contributed by atoms with Crippen LogP contribution in [0.2, 0.25) is 0 Å². The summed E-state index contributed by atoms with van der Waals surface area (Å²) in [5.74, 6) is -1.08. The Kier molecular flexibility index (Phi) is 7.55. The molecule has 3 aromatic carbocycles. The lowest BCUT2D eigenvalue weighted by atomic mass is 10.1. The molecule has 0 aromatic heterocycles. The summed E-state index contributed by atoms with van der Waals surface area (Å²) in [5, 5.41) is 2.71. The van der Waals surface area contributed by atoms with Gasteiger partial charge in [-0.25, -0.2) is 13.2 Å². The Morgan fingerprint density at radius 3 is 2.21 bits per heavy atom. The van der Waals surface area contributed by atoms with Crippen LogP contribution < -0.4 is 9.62 Å². The van der Waals surface area contributed by atoms with Gasteiger partial charge in [-0.3, -0.25) is 9.10 Å². The molecule has 0 fully saturated rings. The van der Waals surface area contributed by atoms with E-state index in [0.717, 1.165) is 14.3 Å². The zero-order valence-electron chi connectivity index (χ0n) is 18.3. The number of benzene rings is 3. The summed E-state index contributed by atoms with van der Waals surface area (Å²) < 4.78 is 33.5. The van der Waals surface area contributed by atoms with Crippen LogP contribution in [0.15, 0.2) is 76.1 Å². The smallest absolute Gasteiger partial charge is 0.338 e. The van der Waals surface area contributed by atoms with Gasteiger partial charge >= 0.3 is 5.97 Å². The average Bonchev–Trinajstić information content (AvgIpc) is 2.79. The van der Waals surface area contributed by atoms with Crippen LogP contribution in [0, 0.1) is 13.8 Å². The third kappa shape index (κ3) is 5.61. The third-order valence-corrected chi connectivity index (χ3v) is 7.34. The van der Waals surface area contributed by atoms with Crippen LogP contribution in [0.5, 0.6) is 0 Å². The Balaban J connectivity index is 1.94. The molecule has 33 heavy (non-hydrogen) atoms. The predicted octanol–water partition coefficient (Wildman–Crippen LogP) is 4.69. The third-order valence-electron chi connectivity index (χ3n) is 5.02. The number of aryl methyl sites for hydroxylation is 1. The highest BCUT2D eigenvalue weighted by Crippen LogP contribution is 2.26. The number of amides is 1. The number of hydrogen-bond donors (Lipinski definition) is 1. The monoisotopic (exact) mass is 530 g/mol. The summed E-state index contributed by atoms with van der Waals surface area (Å²) in [6, 6.07) is 17.9. The largest absolute Gasteiger partial charge is 0.465 e. The van der Waals surface area contributed by atoms with Gasteiger partial charge in [-0.2, -0.15) is 0 Å². The number of nitrogens with zero attached hydrogens (tertiary/aromatic N) is 1. The first kappa shape index (κ1) is 24.5. The molecule has 172 valence electrons. The van der Waals surface area contributed by atoms with Crippen molar-refractivity contribution in [1.29, 1.82) is 0 Å². The number of sulfonamides is 1. The van der Waals surface area contributed by atoms with E-state index in [9.17, 15) is 18.0 Å². The van der Waals surface area contributed by atoms with E-state index in [2.05, 4.69) is 21.2 Å². The second kappa shape index (κ2) is 10.2. The van der Waals surface area contributed by atoms with Crippen LogP contribution in [0.3, 0.4) is 0 Å². The number of nitrogens with one attached hydrogen (secondary N) is 1. The van der Waals surface area contributed by atoms with E-state index in [4.69, 9.17) is 4.74 Å². The summed E-state index contributed by atoms with van der Waals surface area (Å²) in [6.45, 7) is 3.08. The number of anilines is 2. The molecule has 9 heteroatoms. The fraction of sp³-hybridized carbons (Fsp3) is 0.167. The van der Waals surface area contributed by atoms with Crippen LogP contribution in [0.4, 0.5) is 11.4 Å². The molecular formula is C24H23BrN2O5S. The van der Waals surface area contributed by atoms with Gasteiger partial charge < -0.3 is 10.1 Å². The van der Waals surface area contributed by atoms with Crippen LogP contribution in [-0.4, -0.2) is 33.9 Å². The van der Waals surface area contributed by atoms with Crippen molar-refractivity contribution in [3.05, 3.63) is 87.9 Å². The Morgan fingerprint density at radius 1 is 0.970 bits per heavy atom. The van der Waals surface area contributed by atoms with E-state index in [-0.39, 0.29) is 4.90 Å². The molecule has 0 unspecified atom stereocenters. The maximum absolute atomic E-state index is 13.4. The summed E-state index contributed by atoms with van der Waals surface area (Å²) in [7, 11) is -2.75. The SMILES string of the molecule is COC(=O)c1cccc(NC(=O)CN(c2ccc(Br)cc2)S(=O)(=O)c2ccc(C)cc2)c1C. The molecule has 0 saturated carbocycles. The van der Waals surface area contributed by atoms with Gasteiger partial charge in [-0.05, 0) is 67.9 Å². The van der Waals surface area contributed by atoms with Gasteiger partial charge in [0.25, 0.3) is 10.0 Å². The van der Waals surface area contributed by atoms with Gasteiger partial charge in [0.2, 0.25) is 5.91 Å². The molecule has 0 radical (unpaired) electrons. The zero-order chi connectivity index (χ0) is 24.2. The average molecular weight is 531 g/mol. The standard InChI is InChI=1S/C24H23BrN2O5S/c1-16-7-13-20(14-8-16)33(30,31)27(19-11-9-18(25)10-12-19)15-23(28)26-22-6-4-5-21(17(22)2)24(29)32-3/h4-14H,15H2,1-3H3,(H,26,28). The van der Waals surface area contributed by atoms with Crippen LogP contribution in [-0.2, 0) is 19.6 Å². The Labute approximate surface area is 201 Å². The van der Waals surface area contributed by atoms with Gasteiger partial charge in [-0.1, -0.05) is 39.7 Å². The molecule has 1 amide bonds. The lowest BCUT2D eigenvalue weighted by Crippen LogP contribution is -2.38. The zero-order valence-corrected chi connectivity index (χ0v) is 20.7. The lowest BCUT2D eigenvalue weighted by Gasteiger charge is -2.24. The van der Waals surface area contributed by atoms with E-state index in [0.29, 0.717) is 22.5 Å². The molecule has 3 aromatic rings. The first-order chi connectivity index (χ1) is 15.6. The second-order valence-corrected chi connectivity index (χ2v) is 10.1. The van der Waals surface area contributed by atoms with Crippen LogP contribution in [0.25, 0.3) is 0 Å².